The highest BCUT2D eigenvalue weighted by Gasteiger charge is 2.18. The lowest BCUT2D eigenvalue weighted by atomic mass is 9.98. The number of carbonyl (C=O) groups excluding carboxylic acids is 1. The molecule has 3 nitrogen and oxygen atoms in total. The SMILES string of the molecule is O=C(O)CCCCCCC1CC=CC1=O. The maximum atomic E-state index is 11.2. The highest BCUT2D eigenvalue weighted by Crippen LogP contribution is 2.21. The number of hydrogen-bond acceptors (Lipinski definition) is 2. The van der Waals surface area contributed by atoms with Crippen LogP contribution in [-0.4, -0.2) is 16.9 Å². The predicted molar refractivity (Wildman–Crippen MR) is 57.6 cm³/mol. The molecule has 0 aliphatic heterocycles. The van der Waals surface area contributed by atoms with E-state index in [1.807, 2.05) is 6.08 Å². The molecule has 0 heterocycles. The van der Waals surface area contributed by atoms with Crippen molar-refractivity contribution in [3.63, 3.8) is 0 Å². The summed E-state index contributed by atoms with van der Waals surface area (Å²) in [7, 11) is 0. The topological polar surface area (TPSA) is 54.4 Å². The molecule has 15 heavy (non-hydrogen) atoms. The molecule has 0 fully saturated rings. The maximum Gasteiger partial charge on any atom is 0.303 e. The number of unbranched alkanes of at least 4 members (excludes halogenated alkanes) is 3. The Morgan fingerprint density at radius 2 is 2.07 bits per heavy atom. The van der Waals surface area contributed by atoms with Crippen LogP contribution in [-0.2, 0) is 9.59 Å². The van der Waals surface area contributed by atoms with Crippen LogP contribution < -0.4 is 0 Å². The van der Waals surface area contributed by atoms with Gasteiger partial charge in [-0.3, -0.25) is 9.59 Å². The predicted octanol–water partition coefficient (Wildman–Crippen LogP) is 2.56. The van der Waals surface area contributed by atoms with Crippen molar-refractivity contribution >= 4 is 11.8 Å². The Bertz CT molecular complexity index is 256. The van der Waals surface area contributed by atoms with Crippen molar-refractivity contribution in [2.24, 2.45) is 5.92 Å². The van der Waals surface area contributed by atoms with Gasteiger partial charge in [-0.25, -0.2) is 0 Å². The molecular weight excluding hydrogens is 192 g/mol. The van der Waals surface area contributed by atoms with Crippen LogP contribution in [0.2, 0.25) is 0 Å². The van der Waals surface area contributed by atoms with Crippen molar-refractivity contribution in [2.75, 3.05) is 0 Å². The van der Waals surface area contributed by atoms with Crippen molar-refractivity contribution in [2.45, 2.75) is 44.9 Å². The molecule has 0 bridgehead atoms. The second-order valence-corrected chi connectivity index (χ2v) is 4.08. The first-order valence-corrected chi connectivity index (χ1v) is 5.62. The molecule has 0 aromatic carbocycles. The first-order chi connectivity index (χ1) is 7.20. The second-order valence-electron chi connectivity index (χ2n) is 4.08. The van der Waals surface area contributed by atoms with Gasteiger partial charge < -0.3 is 5.11 Å². The fourth-order valence-corrected chi connectivity index (χ4v) is 1.88. The number of carboxylic acids is 1. The zero-order chi connectivity index (χ0) is 11.1. The Kier molecular flexibility index (Phi) is 5.08. The molecule has 0 aromatic heterocycles. The normalized spacial score (nSPS) is 19.7. The van der Waals surface area contributed by atoms with Gasteiger partial charge in [0.2, 0.25) is 0 Å². The van der Waals surface area contributed by atoms with E-state index in [4.69, 9.17) is 5.11 Å². The van der Waals surface area contributed by atoms with E-state index in [1.165, 1.54) is 0 Å². The lowest BCUT2D eigenvalue weighted by molar-refractivity contribution is -0.137. The number of allylic oxidation sites excluding steroid dienone is 2. The van der Waals surface area contributed by atoms with Gasteiger partial charge >= 0.3 is 5.97 Å². The summed E-state index contributed by atoms with van der Waals surface area (Å²) in [5, 5.41) is 8.42. The van der Waals surface area contributed by atoms with Gasteiger partial charge in [-0.15, -0.1) is 0 Å². The third-order valence-corrected chi connectivity index (χ3v) is 2.80. The maximum absolute atomic E-state index is 11.2. The van der Waals surface area contributed by atoms with Gasteiger partial charge in [0.1, 0.15) is 0 Å². The molecular formula is C12H18O3. The molecule has 3 heteroatoms. The zero-order valence-electron chi connectivity index (χ0n) is 8.95. The number of rotatable bonds is 7. The lowest BCUT2D eigenvalue weighted by Crippen LogP contribution is -2.06. The fraction of sp³-hybridized carbons (Fsp3) is 0.667. The summed E-state index contributed by atoms with van der Waals surface area (Å²) < 4.78 is 0. The van der Waals surface area contributed by atoms with Gasteiger partial charge in [-0.2, -0.15) is 0 Å². The van der Waals surface area contributed by atoms with Crippen LogP contribution in [0.4, 0.5) is 0 Å². The Morgan fingerprint density at radius 3 is 2.67 bits per heavy atom. The fourth-order valence-electron chi connectivity index (χ4n) is 1.88. The van der Waals surface area contributed by atoms with Gasteiger partial charge in [0.15, 0.2) is 5.78 Å². The summed E-state index contributed by atoms with van der Waals surface area (Å²) in [4.78, 5) is 21.5. The molecule has 1 unspecified atom stereocenters. The van der Waals surface area contributed by atoms with Crippen molar-refractivity contribution in [3.8, 4) is 0 Å². The van der Waals surface area contributed by atoms with Crippen molar-refractivity contribution in [1.29, 1.82) is 0 Å². The molecule has 0 aromatic rings. The number of aliphatic carboxylic acids is 1. The second kappa shape index (κ2) is 6.38. The van der Waals surface area contributed by atoms with E-state index in [2.05, 4.69) is 0 Å². The largest absolute Gasteiger partial charge is 0.481 e. The number of hydrogen-bond donors (Lipinski definition) is 1. The average molecular weight is 210 g/mol. The van der Waals surface area contributed by atoms with Gasteiger partial charge in [0.05, 0.1) is 0 Å². The van der Waals surface area contributed by atoms with Crippen LogP contribution in [0, 0.1) is 5.92 Å². The summed E-state index contributed by atoms with van der Waals surface area (Å²) in [5.74, 6) is -0.241. The van der Waals surface area contributed by atoms with E-state index in [0.717, 1.165) is 38.5 Å². The van der Waals surface area contributed by atoms with Crippen LogP contribution in [0.1, 0.15) is 44.9 Å². The minimum atomic E-state index is -0.717. The molecule has 1 atom stereocenters. The molecule has 0 spiro atoms. The Labute approximate surface area is 90.2 Å². The van der Waals surface area contributed by atoms with Crippen molar-refractivity contribution < 1.29 is 14.7 Å². The molecule has 1 aliphatic rings. The summed E-state index contributed by atoms with van der Waals surface area (Å²) >= 11 is 0. The van der Waals surface area contributed by atoms with E-state index in [0.29, 0.717) is 0 Å². The van der Waals surface area contributed by atoms with E-state index < -0.39 is 5.97 Å². The van der Waals surface area contributed by atoms with Crippen LogP contribution in [0.3, 0.4) is 0 Å². The smallest absolute Gasteiger partial charge is 0.303 e. The molecule has 1 rings (SSSR count). The Balaban J connectivity index is 1.93. The van der Waals surface area contributed by atoms with Gasteiger partial charge in [0.25, 0.3) is 0 Å². The van der Waals surface area contributed by atoms with Crippen molar-refractivity contribution in [3.05, 3.63) is 12.2 Å². The first kappa shape index (κ1) is 12.0. The third kappa shape index (κ3) is 4.77. The monoisotopic (exact) mass is 210 g/mol. The molecule has 0 radical (unpaired) electrons. The Morgan fingerprint density at radius 1 is 1.33 bits per heavy atom. The highest BCUT2D eigenvalue weighted by atomic mass is 16.4. The molecule has 0 saturated heterocycles. The summed E-state index contributed by atoms with van der Waals surface area (Å²) in [6, 6.07) is 0. The quantitative estimate of drug-likeness (QED) is 0.657. The summed E-state index contributed by atoms with van der Waals surface area (Å²) in [5.41, 5.74) is 0. The number of carbonyl (C=O) groups is 2. The summed E-state index contributed by atoms with van der Waals surface area (Å²) in [6.07, 6.45) is 9.53. The van der Waals surface area contributed by atoms with E-state index in [1.54, 1.807) is 6.08 Å². The lowest BCUT2D eigenvalue weighted by Gasteiger charge is -2.06. The van der Waals surface area contributed by atoms with Gasteiger partial charge in [-0.05, 0) is 25.3 Å². The van der Waals surface area contributed by atoms with Crippen molar-refractivity contribution in [1.82, 2.24) is 0 Å². The average Bonchev–Trinajstić information content (AvgIpc) is 2.57. The van der Waals surface area contributed by atoms with E-state index in [-0.39, 0.29) is 18.1 Å². The molecule has 0 saturated carbocycles. The van der Waals surface area contributed by atoms with Crippen LogP contribution in [0.15, 0.2) is 12.2 Å². The van der Waals surface area contributed by atoms with Crippen LogP contribution in [0.5, 0.6) is 0 Å². The number of ketones is 1. The molecule has 1 aliphatic carbocycles. The summed E-state index contributed by atoms with van der Waals surface area (Å²) in [6.45, 7) is 0. The Hall–Kier alpha value is -1.12. The molecule has 1 N–H and O–H groups in total. The minimum absolute atomic E-state index is 0.212. The van der Waals surface area contributed by atoms with Gasteiger partial charge in [-0.1, -0.05) is 25.3 Å². The third-order valence-electron chi connectivity index (χ3n) is 2.80. The zero-order valence-corrected chi connectivity index (χ0v) is 8.95. The van der Waals surface area contributed by atoms with Crippen LogP contribution in [0.25, 0.3) is 0 Å². The van der Waals surface area contributed by atoms with E-state index >= 15 is 0 Å². The number of carboxylic acid groups (broad SMARTS) is 1. The molecule has 84 valence electrons. The highest BCUT2D eigenvalue weighted by molar-refractivity contribution is 5.93. The molecule has 0 amide bonds. The van der Waals surface area contributed by atoms with E-state index in [9.17, 15) is 9.59 Å². The van der Waals surface area contributed by atoms with Crippen LogP contribution >= 0.6 is 0 Å². The van der Waals surface area contributed by atoms with Gasteiger partial charge in [0, 0.05) is 12.3 Å². The minimum Gasteiger partial charge on any atom is -0.481 e. The first-order valence-electron chi connectivity index (χ1n) is 5.62. The standard InChI is InChI=1S/C12H18O3/c13-11-8-5-7-10(11)6-3-1-2-4-9-12(14)15/h5,8,10H,1-4,6-7,9H2,(H,14,15).